The first-order chi connectivity index (χ1) is 23.3. The molecule has 4 aromatic heterocycles. The third-order valence-electron chi connectivity index (χ3n) is 7.93. The Hall–Kier alpha value is -2.67. The number of phenolic OH excluding ortho intramolecular Hbond substituents is 1. The lowest BCUT2D eigenvalue weighted by Gasteiger charge is -2.14. The van der Waals surface area contributed by atoms with Crippen LogP contribution in [0.1, 0.15) is 89.4 Å². The van der Waals surface area contributed by atoms with Gasteiger partial charge in [-0.25, -0.2) is 0 Å². The van der Waals surface area contributed by atoms with Crippen LogP contribution in [0.2, 0.25) is 0 Å². The Morgan fingerprint density at radius 2 is 1.21 bits per heavy atom. The van der Waals surface area contributed by atoms with Crippen molar-refractivity contribution in [1.29, 1.82) is 0 Å². The fourth-order valence-corrected chi connectivity index (χ4v) is 10.2. The van der Waals surface area contributed by atoms with Crippen molar-refractivity contribution < 1.29 is 24.2 Å². The predicted octanol–water partition coefficient (Wildman–Crippen LogP) is 12.2. The zero-order valence-corrected chi connectivity index (χ0v) is 31.7. The molecule has 5 rings (SSSR count). The Morgan fingerprint density at radius 1 is 0.646 bits per heavy atom. The lowest BCUT2D eigenvalue weighted by molar-refractivity contribution is 0.306. The van der Waals surface area contributed by atoms with Gasteiger partial charge in [0.05, 0.1) is 11.5 Å². The number of hydrogen-bond acceptors (Lipinski definition) is 7. The van der Waals surface area contributed by atoms with Crippen LogP contribution in [0.3, 0.4) is 0 Å². The number of unbranched alkanes of at least 4 members (excludes halogenated alkanes) is 9. The summed E-state index contributed by atoms with van der Waals surface area (Å²) < 4.78 is 18.2. The van der Waals surface area contributed by atoms with Gasteiger partial charge in [0.25, 0.3) is 0 Å². The molecule has 254 valence electrons. The highest BCUT2D eigenvalue weighted by molar-refractivity contribution is 7.67. The molecule has 0 aliphatic heterocycles. The zero-order valence-electron chi connectivity index (χ0n) is 27.5. The first-order valence-corrected chi connectivity index (χ1v) is 21.6. The fourth-order valence-electron chi connectivity index (χ4n) is 5.32. The van der Waals surface area contributed by atoms with Crippen molar-refractivity contribution in [3.05, 3.63) is 65.5 Å². The van der Waals surface area contributed by atoms with Crippen LogP contribution in [0, 0.1) is 11.8 Å². The molecule has 3 N–H and O–H groups in total. The summed E-state index contributed by atoms with van der Waals surface area (Å²) in [7, 11) is -4.30. The van der Waals surface area contributed by atoms with Crippen LogP contribution in [0.4, 0.5) is 0 Å². The molecule has 48 heavy (non-hydrogen) atoms. The SMILES string of the molecule is CCCCCCCCC#Cc1ccc(-c2ccc(-c3cc(O)c(-c4ccc(-c5ccc(P(=O)(O)O)s5)s4)cc3OCCCCCC)s2)s1. The summed E-state index contributed by atoms with van der Waals surface area (Å²) in [6, 6.07) is 19.3. The molecule has 0 saturated heterocycles. The molecular formula is C38H43O5PS4. The van der Waals surface area contributed by atoms with Crippen LogP contribution in [0.15, 0.2) is 60.7 Å². The molecule has 0 radical (unpaired) electrons. The summed E-state index contributed by atoms with van der Waals surface area (Å²) in [5.74, 6) is 7.61. The van der Waals surface area contributed by atoms with Crippen molar-refractivity contribution in [3.63, 3.8) is 0 Å². The fraction of sp³-hybridized carbons (Fsp3) is 0.368. The van der Waals surface area contributed by atoms with Crippen LogP contribution in [0.25, 0.3) is 40.4 Å². The summed E-state index contributed by atoms with van der Waals surface area (Å²) in [4.78, 5) is 26.1. The van der Waals surface area contributed by atoms with E-state index >= 15 is 0 Å². The summed E-state index contributed by atoms with van der Waals surface area (Å²) in [6.45, 7) is 5.03. The van der Waals surface area contributed by atoms with Gasteiger partial charge in [-0.2, -0.15) is 0 Å². The molecule has 0 spiro atoms. The van der Waals surface area contributed by atoms with E-state index < -0.39 is 7.60 Å². The number of rotatable bonds is 17. The van der Waals surface area contributed by atoms with Gasteiger partial charge in [-0.15, -0.1) is 45.3 Å². The third-order valence-corrected chi connectivity index (χ3v) is 14.2. The lowest BCUT2D eigenvalue weighted by atomic mass is 10.1. The Bertz CT molecular complexity index is 1880. The van der Waals surface area contributed by atoms with E-state index in [0.717, 1.165) is 77.6 Å². The van der Waals surface area contributed by atoms with E-state index in [2.05, 4.69) is 50.0 Å². The van der Waals surface area contributed by atoms with Gasteiger partial charge in [0.15, 0.2) is 0 Å². The molecule has 0 unspecified atom stereocenters. The summed E-state index contributed by atoms with van der Waals surface area (Å²) in [6.07, 6.45) is 13.0. The summed E-state index contributed by atoms with van der Waals surface area (Å²) in [5, 5.41) is 11.3. The van der Waals surface area contributed by atoms with Crippen molar-refractivity contribution in [1.82, 2.24) is 0 Å². The molecule has 0 aliphatic carbocycles. The number of ether oxygens (including phenoxy) is 1. The topological polar surface area (TPSA) is 87.0 Å². The van der Waals surface area contributed by atoms with Gasteiger partial charge < -0.3 is 19.6 Å². The first kappa shape index (κ1) is 36.6. The number of thiophene rings is 4. The Kier molecular flexibility index (Phi) is 13.6. The summed E-state index contributed by atoms with van der Waals surface area (Å²) in [5.41, 5.74) is 1.53. The highest BCUT2D eigenvalue weighted by atomic mass is 32.1. The minimum absolute atomic E-state index is 0.0453. The molecule has 0 amide bonds. The van der Waals surface area contributed by atoms with Crippen LogP contribution in [0.5, 0.6) is 11.5 Å². The van der Waals surface area contributed by atoms with Crippen molar-refractivity contribution in [2.45, 2.75) is 84.5 Å². The highest BCUT2D eigenvalue weighted by Crippen LogP contribution is 2.48. The molecule has 0 fully saturated rings. The minimum atomic E-state index is -4.30. The van der Waals surface area contributed by atoms with Gasteiger partial charge >= 0.3 is 7.60 Å². The molecule has 1 aromatic carbocycles. The number of phenols is 1. The van der Waals surface area contributed by atoms with Gasteiger partial charge in [-0.3, -0.25) is 4.57 Å². The van der Waals surface area contributed by atoms with E-state index in [-0.39, 0.29) is 10.4 Å². The molecule has 4 heterocycles. The number of aromatic hydroxyl groups is 1. The Labute approximate surface area is 300 Å². The largest absolute Gasteiger partial charge is 0.507 e. The molecular weight excluding hydrogens is 696 g/mol. The molecule has 5 aromatic rings. The smallest absolute Gasteiger partial charge is 0.366 e. The van der Waals surface area contributed by atoms with E-state index in [9.17, 15) is 19.5 Å². The normalized spacial score (nSPS) is 11.5. The molecule has 0 bridgehead atoms. The zero-order chi connectivity index (χ0) is 33.9. The average Bonchev–Trinajstić information content (AvgIpc) is 3.89. The average molecular weight is 739 g/mol. The van der Waals surface area contributed by atoms with E-state index in [1.165, 1.54) is 67.2 Å². The standard InChI is InChI=1S/C38H43O5PS4/c1-3-5-7-9-10-11-12-13-15-27-16-17-34(45-27)35-21-19-33(47-35)29-25-30(39)28(26-31(29)43-24-14-8-6-4-2)32-18-20-36(46-32)37-22-23-38(48-37)44(40,41)42/h16-23,25-26,39H,3-12,14,24H2,1-2H3,(H2,40,41,42). The lowest BCUT2D eigenvalue weighted by Crippen LogP contribution is -1.99. The van der Waals surface area contributed by atoms with Crippen molar-refractivity contribution in [2.75, 3.05) is 6.61 Å². The summed E-state index contributed by atoms with van der Waals surface area (Å²) >= 11 is 5.96. The Balaban J connectivity index is 1.35. The quantitative estimate of drug-likeness (QED) is 0.0502. The Morgan fingerprint density at radius 3 is 1.90 bits per heavy atom. The molecule has 0 saturated carbocycles. The maximum atomic E-state index is 11.7. The molecule has 0 aliphatic rings. The van der Waals surface area contributed by atoms with Crippen LogP contribution >= 0.6 is 52.9 Å². The van der Waals surface area contributed by atoms with Crippen molar-refractivity contribution in [3.8, 4) is 63.7 Å². The van der Waals surface area contributed by atoms with Gasteiger partial charge in [-0.05, 0) is 73.5 Å². The highest BCUT2D eigenvalue weighted by Gasteiger charge is 2.22. The van der Waals surface area contributed by atoms with Gasteiger partial charge in [0, 0.05) is 46.8 Å². The maximum absolute atomic E-state index is 11.7. The number of benzene rings is 1. The maximum Gasteiger partial charge on any atom is 0.366 e. The monoisotopic (exact) mass is 738 g/mol. The minimum Gasteiger partial charge on any atom is -0.507 e. The predicted molar refractivity (Wildman–Crippen MR) is 208 cm³/mol. The van der Waals surface area contributed by atoms with Gasteiger partial charge in [0.1, 0.15) is 16.1 Å². The van der Waals surface area contributed by atoms with E-state index in [1.54, 1.807) is 34.8 Å². The van der Waals surface area contributed by atoms with Crippen molar-refractivity contribution >= 4 is 57.6 Å². The van der Waals surface area contributed by atoms with Crippen LogP contribution < -0.4 is 9.36 Å². The molecule has 0 atom stereocenters. The van der Waals surface area contributed by atoms with Crippen LogP contribution in [-0.4, -0.2) is 21.5 Å². The first-order valence-electron chi connectivity index (χ1n) is 16.7. The van der Waals surface area contributed by atoms with Gasteiger partial charge in [-0.1, -0.05) is 77.1 Å². The van der Waals surface area contributed by atoms with Crippen LogP contribution in [-0.2, 0) is 4.57 Å². The second-order valence-corrected chi connectivity index (χ2v) is 18.0. The second kappa shape index (κ2) is 17.8. The third kappa shape index (κ3) is 9.95. The second-order valence-electron chi connectivity index (χ2n) is 11.8. The van der Waals surface area contributed by atoms with Crippen molar-refractivity contribution in [2.24, 2.45) is 0 Å². The number of hydrogen-bond donors (Lipinski definition) is 3. The molecule has 5 nitrogen and oxygen atoms in total. The molecule has 10 heteroatoms. The van der Waals surface area contributed by atoms with E-state index in [0.29, 0.717) is 12.2 Å². The van der Waals surface area contributed by atoms with E-state index in [4.69, 9.17) is 4.74 Å². The van der Waals surface area contributed by atoms with E-state index in [1.807, 2.05) is 18.2 Å². The van der Waals surface area contributed by atoms with Gasteiger partial charge in [0.2, 0.25) is 0 Å².